The Balaban J connectivity index is 1.98. The second-order valence-electron chi connectivity index (χ2n) is 4.64. The maximum atomic E-state index is 11.3. The molecule has 1 aromatic carbocycles. The van der Waals surface area contributed by atoms with Crippen LogP contribution in [0, 0.1) is 0 Å². The normalized spacial score (nSPS) is 13.0. The fourth-order valence-corrected chi connectivity index (χ4v) is 3.61. The average molecular weight is 369 g/mol. The number of nitrogens with two attached hydrogens (primary N) is 2. The third-order valence-corrected chi connectivity index (χ3v) is 5.30. The van der Waals surface area contributed by atoms with Gasteiger partial charge in [0.2, 0.25) is 0 Å². The molecule has 6 nitrogen and oxygen atoms in total. The van der Waals surface area contributed by atoms with Crippen molar-refractivity contribution in [2.45, 2.75) is 16.5 Å². The summed E-state index contributed by atoms with van der Waals surface area (Å²) in [6.45, 7) is 0.705. The highest BCUT2D eigenvalue weighted by Crippen LogP contribution is 2.39. The molecule has 0 saturated heterocycles. The number of aromatic nitrogens is 2. The molecular formula is C13H13BrN4O2S. The summed E-state index contributed by atoms with van der Waals surface area (Å²) < 4.78 is 8.09. The molecule has 0 fully saturated rings. The van der Waals surface area contributed by atoms with E-state index in [4.69, 9.17) is 16.2 Å². The van der Waals surface area contributed by atoms with Gasteiger partial charge in [-0.15, -0.1) is 0 Å². The van der Waals surface area contributed by atoms with E-state index in [1.807, 2.05) is 6.07 Å². The van der Waals surface area contributed by atoms with E-state index in [-0.39, 0.29) is 11.5 Å². The number of carbonyl (C=O) groups excluding carboxylic acids is 1. The smallest absolute Gasteiger partial charge is 0.271 e. The second kappa shape index (κ2) is 5.27. The zero-order chi connectivity index (χ0) is 15.1. The Kier molecular flexibility index (Phi) is 3.58. The monoisotopic (exact) mass is 368 g/mol. The highest BCUT2D eigenvalue weighted by Gasteiger charge is 2.20. The lowest BCUT2D eigenvalue weighted by atomic mass is 10.2. The first kappa shape index (κ1) is 14.3. The Hall–Kier alpha value is -1.67. The van der Waals surface area contributed by atoms with Crippen molar-refractivity contribution in [3.8, 4) is 5.75 Å². The zero-order valence-corrected chi connectivity index (χ0v) is 13.6. The summed E-state index contributed by atoms with van der Waals surface area (Å²) in [5.74, 6) is 0.547. The van der Waals surface area contributed by atoms with E-state index in [1.165, 1.54) is 11.8 Å². The first-order valence-electron chi connectivity index (χ1n) is 6.22. The fraction of sp³-hybridized carbons (Fsp3) is 0.231. The quantitative estimate of drug-likeness (QED) is 0.862. The lowest BCUT2D eigenvalue weighted by molar-refractivity contribution is 0.0996. The van der Waals surface area contributed by atoms with Crippen LogP contribution in [-0.2, 0) is 13.5 Å². The minimum atomic E-state index is -0.628. The lowest BCUT2D eigenvalue weighted by Crippen LogP contribution is -2.14. The number of fused-ring (bicyclic) bond motifs is 1. The number of carbonyl (C=O) groups is 1. The van der Waals surface area contributed by atoms with Crippen LogP contribution in [0.2, 0.25) is 0 Å². The Morgan fingerprint density at radius 3 is 2.95 bits per heavy atom. The summed E-state index contributed by atoms with van der Waals surface area (Å²) in [5.41, 5.74) is 12.4. The summed E-state index contributed by atoms with van der Waals surface area (Å²) in [6, 6.07) is 4.01. The number of nitrogens with zero attached hydrogens (tertiary/aromatic N) is 2. The predicted octanol–water partition coefficient (Wildman–Crippen LogP) is 1.95. The van der Waals surface area contributed by atoms with Crippen LogP contribution >= 0.6 is 27.7 Å². The molecule has 3 rings (SSSR count). The summed E-state index contributed by atoms with van der Waals surface area (Å²) in [5, 5.41) is 0.612. The van der Waals surface area contributed by atoms with Crippen LogP contribution in [0.4, 0.5) is 5.82 Å². The molecule has 4 N–H and O–H groups in total. The highest BCUT2D eigenvalue weighted by molar-refractivity contribution is 9.10. The number of hydrogen-bond acceptors (Lipinski definition) is 5. The molecule has 0 spiro atoms. The van der Waals surface area contributed by atoms with Crippen molar-refractivity contribution in [1.29, 1.82) is 0 Å². The molecule has 1 amide bonds. The van der Waals surface area contributed by atoms with E-state index in [9.17, 15) is 4.79 Å². The third-order valence-electron chi connectivity index (χ3n) is 3.28. The van der Waals surface area contributed by atoms with Gasteiger partial charge < -0.3 is 20.8 Å². The summed E-state index contributed by atoms with van der Waals surface area (Å²) in [6.07, 6.45) is 0.894. The molecule has 0 saturated carbocycles. The van der Waals surface area contributed by atoms with Gasteiger partial charge in [-0.3, -0.25) is 4.79 Å². The summed E-state index contributed by atoms with van der Waals surface area (Å²) >= 11 is 4.95. The lowest BCUT2D eigenvalue weighted by Gasteiger charge is -2.07. The van der Waals surface area contributed by atoms with Gasteiger partial charge in [-0.1, -0.05) is 11.8 Å². The van der Waals surface area contributed by atoms with Gasteiger partial charge in [-0.25, -0.2) is 4.98 Å². The molecule has 0 radical (unpaired) electrons. The van der Waals surface area contributed by atoms with Gasteiger partial charge in [0, 0.05) is 22.8 Å². The van der Waals surface area contributed by atoms with Crippen LogP contribution in [-0.4, -0.2) is 22.1 Å². The van der Waals surface area contributed by atoms with Crippen LogP contribution in [0.1, 0.15) is 16.1 Å². The van der Waals surface area contributed by atoms with Gasteiger partial charge in [0.1, 0.15) is 11.6 Å². The van der Waals surface area contributed by atoms with Crippen molar-refractivity contribution in [2.75, 3.05) is 12.3 Å². The minimum Gasteiger partial charge on any atom is -0.493 e. The molecule has 1 aliphatic rings. The zero-order valence-electron chi connectivity index (χ0n) is 11.2. The van der Waals surface area contributed by atoms with Crippen molar-refractivity contribution >= 4 is 39.4 Å². The number of hydrogen-bond donors (Lipinski definition) is 2. The average Bonchev–Trinajstić information content (AvgIpc) is 2.98. The highest BCUT2D eigenvalue weighted by atomic mass is 79.9. The molecule has 0 bridgehead atoms. The second-order valence-corrected chi connectivity index (χ2v) is 6.51. The molecule has 110 valence electrons. The Morgan fingerprint density at radius 1 is 1.52 bits per heavy atom. The standard InChI is InChI=1S/C13H13BrN4O2S/c1-18-11(15)10(12(16)19)17-13(18)21-9-4-6-2-3-20-8(6)5-7(9)14/h4-5H,2-3,15H2,1H3,(H2,16,19). The number of halogens is 1. The molecule has 2 aromatic rings. The number of ether oxygens (including phenoxy) is 1. The first-order chi connectivity index (χ1) is 9.97. The first-order valence-corrected chi connectivity index (χ1v) is 7.83. The maximum absolute atomic E-state index is 11.3. The van der Waals surface area contributed by atoms with E-state index < -0.39 is 5.91 Å². The maximum Gasteiger partial charge on any atom is 0.271 e. The summed E-state index contributed by atoms with van der Waals surface area (Å²) in [4.78, 5) is 16.5. The summed E-state index contributed by atoms with van der Waals surface area (Å²) in [7, 11) is 1.75. The van der Waals surface area contributed by atoms with Crippen molar-refractivity contribution in [2.24, 2.45) is 12.8 Å². The predicted molar refractivity (Wildman–Crippen MR) is 83.6 cm³/mol. The van der Waals surface area contributed by atoms with E-state index in [0.717, 1.165) is 27.1 Å². The van der Waals surface area contributed by atoms with Crippen molar-refractivity contribution in [3.63, 3.8) is 0 Å². The van der Waals surface area contributed by atoms with E-state index in [2.05, 4.69) is 27.0 Å². The molecule has 21 heavy (non-hydrogen) atoms. The molecule has 0 unspecified atom stereocenters. The van der Waals surface area contributed by atoms with Crippen LogP contribution < -0.4 is 16.2 Å². The number of primary amides is 1. The number of nitrogen functional groups attached to an aromatic ring is 1. The van der Waals surface area contributed by atoms with Crippen LogP contribution in [0.15, 0.2) is 26.7 Å². The molecular weight excluding hydrogens is 356 g/mol. The Bertz CT molecular complexity index is 744. The molecule has 2 heterocycles. The Morgan fingerprint density at radius 2 is 2.29 bits per heavy atom. The van der Waals surface area contributed by atoms with E-state index in [0.29, 0.717) is 11.8 Å². The van der Waals surface area contributed by atoms with E-state index >= 15 is 0 Å². The molecule has 8 heteroatoms. The third kappa shape index (κ3) is 2.49. The van der Waals surface area contributed by atoms with Crippen molar-refractivity contribution in [3.05, 3.63) is 27.9 Å². The van der Waals surface area contributed by atoms with Crippen LogP contribution in [0.5, 0.6) is 5.75 Å². The van der Waals surface area contributed by atoms with Crippen molar-refractivity contribution in [1.82, 2.24) is 9.55 Å². The minimum absolute atomic E-state index is 0.0978. The largest absolute Gasteiger partial charge is 0.493 e. The SMILES string of the molecule is Cn1c(Sc2cc3c(cc2Br)OCC3)nc(C(N)=O)c1N. The number of rotatable bonds is 3. The van der Waals surface area contributed by atoms with Gasteiger partial charge in [0.15, 0.2) is 10.9 Å². The number of benzene rings is 1. The van der Waals surface area contributed by atoms with Crippen LogP contribution in [0.3, 0.4) is 0 Å². The van der Waals surface area contributed by atoms with Gasteiger partial charge in [0.05, 0.1) is 6.61 Å². The number of anilines is 1. The molecule has 1 aliphatic heterocycles. The van der Waals surface area contributed by atoms with Gasteiger partial charge in [-0.2, -0.15) is 0 Å². The van der Waals surface area contributed by atoms with Gasteiger partial charge in [-0.05, 0) is 33.6 Å². The molecule has 0 atom stereocenters. The van der Waals surface area contributed by atoms with Crippen LogP contribution in [0.25, 0.3) is 0 Å². The molecule has 1 aromatic heterocycles. The topological polar surface area (TPSA) is 96.2 Å². The molecule has 0 aliphatic carbocycles. The number of amides is 1. The van der Waals surface area contributed by atoms with E-state index in [1.54, 1.807) is 11.6 Å². The Labute approximate surface area is 134 Å². The van der Waals surface area contributed by atoms with Gasteiger partial charge >= 0.3 is 0 Å². The number of imidazole rings is 1. The van der Waals surface area contributed by atoms with Crippen molar-refractivity contribution < 1.29 is 9.53 Å². The fourth-order valence-electron chi connectivity index (χ4n) is 2.12. The van der Waals surface area contributed by atoms with Gasteiger partial charge in [0.25, 0.3) is 5.91 Å².